The summed E-state index contributed by atoms with van der Waals surface area (Å²) in [5.74, 6) is 0.942. The number of amides is 2. The minimum Gasteiger partial charge on any atom is -0.359 e. The summed E-state index contributed by atoms with van der Waals surface area (Å²) in [4.78, 5) is 38.6. The summed E-state index contributed by atoms with van der Waals surface area (Å²) in [6.07, 6.45) is 10.3. The van der Waals surface area contributed by atoms with Gasteiger partial charge in [-0.1, -0.05) is 0 Å². The number of nitrogens with one attached hydrogen (secondary N) is 1. The summed E-state index contributed by atoms with van der Waals surface area (Å²) in [6, 6.07) is 3.34. The number of benzene rings is 1. The van der Waals surface area contributed by atoms with E-state index in [1.54, 1.807) is 12.3 Å². The quantitative estimate of drug-likeness (QED) is 0.420. The maximum Gasteiger partial charge on any atom is 0.221 e. The number of carbonyl (C=O) groups excluding carboxylic acids is 2. The molecule has 2 fully saturated rings. The zero-order valence-corrected chi connectivity index (χ0v) is 22.7. The van der Waals surface area contributed by atoms with Crippen LogP contribution in [0, 0.1) is 18.7 Å². The first kappa shape index (κ1) is 27.0. The van der Waals surface area contributed by atoms with E-state index in [0.717, 1.165) is 75.4 Å². The van der Waals surface area contributed by atoms with Gasteiger partial charge < -0.3 is 20.0 Å². The van der Waals surface area contributed by atoms with Gasteiger partial charge in [0.25, 0.3) is 0 Å². The number of nitrogens with zero attached hydrogens (tertiary/aromatic N) is 7. The molecule has 0 atom stereocenters. The van der Waals surface area contributed by atoms with Crippen LogP contribution in [0.15, 0.2) is 30.7 Å². The number of fused-ring (bicyclic) bond motifs is 1. The maximum atomic E-state index is 14.9. The zero-order valence-electron chi connectivity index (χ0n) is 22.7. The number of piperidine rings is 2. The molecule has 2 aromatic heterocycles. The molecule has 5 rings (SSSR count). The Kier molecular flexibility index (Phi) is 8.35. The second-order valence-electron chi connectivity index (χ2n) is 10.6. The molecule has 0 aliphatic carbocycles. The van der Waals surface area contributed by atoms with Crippen LogP contribution in [-0.4, -0.2) is 83.3 Å². The molecular formula is C28H37FN8O2. The van der Waals surface area contributed by atoms with Gasteiger partial charge in [0.05, 0.1) is 41.5 Å². The van der Waals surface area contributed by atoms with Gasteiger partial charge in [-0.2, -0.15) is 5.10 Å². The molecule has 3 aromatic rings. The van der Waals surface area contributed by atoms with Crippen molar-refractivity contribution in [3.8, 4) is 0 Å². The van der Waals surface area contributed by atoms with Gasteiger partial charge in [-0.05, 0) is 50.7 Å². The van der Waals surface area contributed by atoms with E-state index in [4.69, 9.17) is 0 Å². The first-order valence-corrected chi connectivity index (χ1v) is 13.8. The van der Waals surface area contributed by atoms with Crippen LogP contribution in [0.25, 0.3) is 10.9 Å². The second-order valence-corrected chi connectivity index (χ2v) is 10.6. The lowest BCUT2D eigenvalue weighted by Crippen LogP contribution is -2.42. The fourth-order valence-electron chi connectivity index (χ4n) is 5.83. The van der Waals surface area contributed by atoms with Crippen LogP contribution in [-0.2, 0) is 9.59 Å². The largest absolute Gasteiger partial charge is 0.359 e. The Morgan fingerprint density at radius 3 is 2.54 bits per heavy atom. The van der Waals surface area contributed by atoms with Crippen molar-refractivity contribution in [3.63, 3.8) is 0 Å². The third kappa shape index (κ3) is 6.03. The van der Waals surface area contributed by atoms with Crippen molar-refractivity contribution >= 4 is 34.7 Å². The third-order valence-electron chi connectivity index (χ3n) is 8.10. The number of carbonyl (C=O) groups is 2. The Hall–Kier alpha value is -3.60. The molecule has 2 amide bonds. The van der Waals surface area contributed by atoms with Crippen molar-refractivity contribution in [1.29, 1.82) is 0 Å². The highest BCUT2D eigenvalue weighted by Crippen LogP contribution is 2.33. The summed E-state index contributed by atoms with van der Waals surface area (Å²) in [5.41, 5.74) is 1.93. The highest BCUT2D eigenvalue weighted by atomic mass is 19.1. The van der Waals surface area contributed by atoms with Gasteiger partial charge in [0, 0.05) is 58.1 Å². The van der Waals surface area contributed by atoms with Gasteiger partial charge >= 0.3 is 0 Å². The topological polar surface area (TPSA) is 99.5 Å². The molecule has 0 saturated carbocycles. The maximum absolute atomic E-state index is 14.9. The Labute approximate surface area is 228 Å². The van der Waals surface area contributed by atoms with Crippen LogP contribution in [0.3, 0.4) is 0 Å². The lowest BCUT2D eigenvalue weighted by molar-refractivity contribution is -0.120. The minimum absolute atomic E-state index is 0.0940. The van der Waals surface area contributed by atoms with E-state index >= 15 is 0 Å². The lowest BCUT2D eigenvalue weighted by atomic mass is 9.94. The molecule has 2 aliphatic rings. The molecule has 0 bridgehead atoms. The van der Waals surface area contributed by atoms with Gasteiger partial charge in [0.1, 0.15) is 11.6 Å². The van der Waals surface area contributed by atoms with Crippen molar-refractivity contribution in [2.75, 3.05) is 56.1 Å². The molecule has 208 valence electrons. The normalized spacial score (nSPS) is 17.5. The number of likely N-dealkylation sites (tertiary alicyclic amines) is 1. The van der Waals surface area contributed by atoms with Gasteiger partial charge in [0.2, 0.25) is 12.3 Å². The third-order valence-corrected chi connectivity index (χ3v) is 8.10. The fourth-order valence-corrected chi connectivity index (χ4v) is 5.83. The smallest absolute Gasteiger partial charge is 0.221 e. The van der Waals surface area contributed by atoms with Crippen LogP contribution in [0.5, 0.6) is 0 Å². The fraction of sp³-hybridized carbons (Fsp3) is 0.536. The summed E-state index contributed by atoms with van der Waals surface area (Å²) in [7, 11) is 1.54. The Morgan fingerprint density at radius 2 is 1.87 bits per heavy atom. The number of anilines is 2. The highest BCUT2D eigenvalue weighted by Gasteiger charge is 2.28. The molecule has 2 saturated heterocycles. The van der Waals surface area contributed by atoms with Gasteiger partial charge in [-0.15, -0.1) is 0 Å². The zero-order chi connectivity index (χ0) is 27.4. The summed E-state index contributed by atoms with van der Waals surface area (Å²) >= 11 is 0. The Bertz CT molecular complexity index is 1280. The number of hydrogen-bond donors (Lipinski definition) is 1. The van der Waals surface area contributed by atoms with Crippen LogP contribution >= 0.6 is 0 Å². The molecule has 0 radical (unpaired) electrons. The Morgan fingerprint density at radius 1 is 1.10 bits per heavy atom. The van der Waals surface area contributed by atoms with E-state index in [0.29, 0.717) is 17.7 Å². The summed E-state index contributed by atoms with van der Waals surface area (Å²) < 4.78 is 16.9. The number of aryl methyl sites for hydroxylation is 1. The number of rotatable bonds is 9. The molecule has 39 heavy (non-hydrogen) atoms. The first-order chi connectivity index (χ1) is 19.0. The highest BCUT2D eigenvalue weighted by molar-refractivity contribution is 5.97. The molecular weight excluding hydrogens is 499 g/mol. The summed E-state index contributed by atoms with van der Waals surface area (Å²) in [5, 5.41) is 7.75. The van der Waals surface area contributed by atoms with Crippen LogP contribution < -0.4 is 15.1 Å². The second kappa shape index (κ2) is 12.1. The van der Waals surface area contributed by atoms with E-state index < -0.39 is 5.82 Å². The molecule has 11 heteroatoms. The first-order valence-electron chi connectivity index (χ1n) is 13.8. The van der Waals surface area contributed by atoms with Crippen molar-refractivity contribution in [2.24, 2.45) is 5.92 Å². The number of halogens is 1. The molecule has 1 N–H and O–H groups in total. The van der Waals surface area contributed by atoms with Crippen molar-refractivity contribution in [3.05, 3.63) is 42.2 Å². The van der Waals surface area contributed by atoms with E-state index in [1.165, 1.54) is 18.0 Å². The van der Waals surface area contributed by atoms with E-state index in [2.05, 4.69) is 30.2 Å². The summed E-state index contributed by atoms with van der Waals surface area (Å²) in [6.45, 7) is 7.18. The number of aromatic nitrogens is 4. The van der Waals surface area contributed by atoms with Gasteiger partial charge in [0.15, 0.2) is 0 Å². The minimum atomic E-state index is -0.499. The van der Waals surface area contributed by atoms with Crippen molar-refractivity contribution < 1.29 is 14.0 Å². The van der Waals surface area contributed by atoms with Crippen LogP contribution in [0.4, 0.5) is 15.9 Å². The van der Waals surface area contributed by atoms with Crippen LogP contribution in [0.1, 0.15) is 43.8 Å². The molecule has 4 heterocycles. The van der Waals surface area contributed by atoms with E-state index in [1.807, 2.05) is 24.0 Å². The van der Waals surface area contributed by atoms with Crippen molar-refractivity contribution in [1.82, 2.24) is 30.0 Å². The van der Waals surface area contributed by atoms with Gasteiger partial charge in [-0.3, -0.25) is 19.3 Å². The molecule has 0 unspecified atom stereocenters. The average molecular weight is 537 g/mol. The number of hydrogen-bond acceptors (Lipinski definition) is 7. The van der Waals surface area contributed by atoms with Crippen LogP contribution in [0.2, 0.25) is 0 Å². The molecule has 10 nitrogen and oxygen atoms in total. The standard InChI is InChI=1S/C28H37FN8O2/c1-20-15-32-26(17-31-20)35-12-5-21(6-13-35)18-34-10-7-22(8-11-34)37-25-4-3-24(29)28(23(25)16-33-37)36(19-38)14-9-27(39)30-2/h3-4,15-17,19,21-22H,5-14,18H2,1-2H3,(H,30,39). The van der Waals surface area contributed by atoms with E-state index in [9.17, 15) is 14.0 Å². The van der Waals surface area contributed by atoms with Gasteiger partial charge in [-0.25, -0.2) is 9.37 Å². The predicted molar refractivity (Wildman–Crippen MR) is 148 cm³/mol. The molecule has 2 aliphatic heterocycles. The molecule has 0 spiro atoms. The lowest BCUT2D eigenvalue weighted by Gasteiger charge is -2.38. The predicted octanol–water partition coefficient (Wildman–Crippen LogP) is 2.93. The average Bonchev–Trinajstić information content (AvgIpc) is 3.39. The monoisotopic (exact) mass is 536 g/mol. The SMILES string of the molecule is CNC(=O)CCN(C=O)c1c(F)ccc2c1cnn2C1CCN(CC2CCN(c3cnc(C)cn3)CC2)CC1. The Balaban J connectivity index is 1.18. The molecule has 1 aromatic carbocycles. The van der Waals surface area contributed by atoms with Crippen molar-refractivity contribution in [2.45, 2.75) is 45.1 Å². The van der Waals surface area contributed by atoms with E-state index in [-0.39, 0.29) is 30.6 Å².